The topological polar surface area (TPSA) is 75.5 Å². The molecule has 0 spiro atoms. The van der Waals surface area contributed by atoms with Crippen molar-refractivity contribution in [2.45, 2.75) is 20.8 Å². The molecule has 0 bridgehead atoms. The number of hydrogen-bond acceptors (Lipinski definition) is 3. The number of rotatable bonds is 4. The van der Waals surface area contributed by atoms with Gasteiger partial charge in [-0.25, -0.2) is 4.98 Å². The lowest BCUT2D eigenvalue weighted by molar-refractivity contribution is 0.101. The van der Waals surface area contributed by atoms with Gasteiger partial charge in [0.25, 0.3) is 11.8 Å². The first kappa shape index (κ1) is 19.4. The molecule has 0 radical (unpaired) electrons. The van der Waals surface area contributed by atoms with E-state index in [1.807, 2.05) is 69.3 Å². The second-order valence-corrected chi connectivity index (χ2v) is 7.33. The molecular weight excluding hydrogens is 376 g/mol. The minimum Gasteiger partial charge on any atom is -0.321 e. The van der Waals surface area contributed by atoms with Crippen LogP contribution in [-0.4, -0.2) is 21.2 Å². The fourth-order valence-corrected chi connectivity index (χ4v) is 3.32. The molecule has 0 unspecified atom stereocenters. The molecule has 2 amide bonds. The van der Waals surface area contributed by atoms with E-state index in [1.54, 1.807) is 22.7 Å². The van der Waals surface area contributed by atoms with Crippen LogP contribution in [0.25, 0.3) is 5.52 Å². The second kappa shape index (κ2) is 7.83. The molecule has 2 N–H and O–H groups in total. The Hall–Kier alpha value is -3.93. The van der Waals surface area contributed by atoms with Crippen LogP contribution in [0.2, 0.25) is 0 Å². The summed E-state index contributed by atoms with van der Waals surface area (Å²) in [7, 11) is 0. The van der Waals surface area contributed by atoms with E-state index < -0.39 is 0 Å². The number of imidazole rings is 1. The highest BCUT2D eigenvalue weighted by Gasteiger charge is 2.22. The molecule has 30 heavy (non-hydrogen) atoms. The van der Waals surface area contributed by atoms with Crippen molar-refractivity contribution in [3.05, 3.63) is 95.1 Å². The number of aromatic nitrogens is 2. The van der Waals surface area contributed by atoms with Crippen LogP contribution in [0.15, 0.2) is 66.9 Å². The summed E-state index contributed by atoms with van der Waals surface area (Å²) < 4.78 is 1.63. The monoisotopic (exact) mass is 398 g/mol. The fraction of sp³-hybridized carbons (Fsp3) is 0.125. The zero-order chi connectivity index (χ0) is 21.3. The molecule has 0 atom stereocenters. The number of nitrogens with one attached hydrogen (secondary N) is 2. The van der Waals surface area contributed by atoms with E-state index in [-0.39, 0.29) is 23.3 Å². The third kappa shape index (κ3) is 3.80. The quantitative estimate of drug-likeness (QED) is 0.520. The molecule has 2 aromatic heterocycles. The third-order valence-corrected chi connectivity index (χ3v) is 4.91. The average molecular weight is 398 g/mol. The minimum absolute atomic E-state index is 0.152. The highest BCUT2D eigenvalue weighted by atomic mass is 16.2. The standard InChI is InChI=1S/C24H22N4O2/c1-15-7-10-18(11-8-15)25-23(29)21-20-6-4-5-13-28(20)22(27-21)24(30)26-19-12-9-16(2)14-17(19)3/h4-14H,1-3H3,(H,25,29)(H,26,30). The van der Waals surface area contributed by atoms with Crippen LogP contribution in [0.1, 0.15) is 37.8 Å². The number of fused-ring (bicyclic) bond motifs is 1. The lowest BCUT2D eigenvalue weighted by atomic mass is 10.1. The normalized spacial score (nSPS) is 10.8. The van der Waals surface area contributed by atoms with E-state index >= 15 is 0 Å². The largest absolute Gasteiger partial charge is 0.321 e. The van der Waals surface area contributed by atoms with Gasteiger partial charge in [0.1, 0.15) is 0 Å². The third-order valence-electron chi connectivity index (χ3n) is 4.91. The van der Waals surface area contributed by atoms with E-state index in [4.69, 9.17) is 0 Å². The van der Waals surface area contributed by atoms with Crippen molar-refractivity contribution in [3.63, 3.8) is 0 Å². The summed E-state index contributed by atoms with van der Waals surface area (Å²) in [6, 6.07) is 18.7. The summed E-state index contributed by atoms with van der Waals surface area (Å²) in [6.07, 6.45) is 1.72. The van der Waals surface area contributed by atoms with E-state index in [0.29, 0.717) is 16.9 Å². The van der Waals surface area contributed by atoms with Gasteiger partial charge in [0, 0.05) is 17.6 Å². The minimum atomic E-state index is -0.377. The molecular formula is C24H22N4O2. The molecule has 6 nitrogen and oxygen atoms in total. The molecule has 2 aromatic carbocycles. The maximum Gasteiger partial charge on any atom is 0.292 e. The van der Waals surface area contributed by atoms with Gasteiger partial charge < -0.3 is 10.6 Å². The molecule has 4 rings (SSSR count). The van der Waals surface area contributed by atoms with Gasteiger partial charge in [-0.3, -0.25) is 14.0 Å². The molecule has 0 saturated carbocycles. The number of carbonyl (C=O) groups is 2. The van der Waals surface area contributed by atoms with E-state index in [1.165, 1.54) is 0 Å². The van der Waals surface area contributed by atoms with Crippen molar-refractivity contribution in [1.82, 2.24) is 9.38 Å². The lowest BCUT2D eigenvalue weighted by Gasteiger charge is -2.08. The molecule has 6 heteroatoms. The smallest absolute Gasteiger partial charge is 0.292 e. The highest BCUT2D eigenvalue weighted by molar-refractivity contribution is 6.10. The summed E-state index contributed by atoms with van der Waals surface area (Å²) in [4.78, 5) is 30.2. The van der Waals surface area contributed by atoms with Gasteiger partial charge in [0.05, 0.1) is 5.52 Å². The Balaban J connectivity index is 1.67. The first-order chi connectivity index (χ1) is 14.4. The van der Waals surface area contributed by atoms with Crippen molar-refractivity contribution in [2.24, 2.45) is 0 Å². The SMILES string of the molecule is Cc1ccc(NC(=O)c2nc(C(=O)Nc3ccc(C)cc3C)n3ccccc23)cc1. The van der Waals surface area contributed by atoms with Crippen LogP contribution in [-0.2, 0) is 0 Å². The summed E-state index contributed by atoms with van der Waals surface area (Å²) in [5.74, 6) is -0.592. The van der Waals surface area contributed by atoms with Crippen molar-refractivity contribution in [2.75, 3.05) is 10.6 Å². The van der Waals surface area contributed by atoms with Crippen LogP contribution >= 0.6 is 0 Å². The number of amides is 2. The molecule has 2 heterocycles. The molecule has 0 aliphatic rings. The molecule has 4 aromatic rings. The number of anilines is 2. The fourth-order valence-electron chi connectivity index (χ4n) is 3.32. The molecule has 0 saturated heterocycles. The average Bonchev–Trinajstić information content (AvgIpc) is 3.12. The molecule has 0 fully saturated rings. The van der Waals surface area contributed by atoms with Crippen molar-refractivity contribution < 1.29 is 9.59 Å². The maximum absolute atomic E-state index is 13.0. The van der Waals surface area contributed by atoms with Crippen LogP contribution in [0.3, 0.4) is 0 Å². The predicted octanol–water partition coefficient (Wildman–Crippen LogP) is 4.76. The van der Waals surface area contributed by atoms with Gasteiger partial charge in [-0.1, -0.05) is 41.5 Å². The zero-order valence-electron chi connectivity index (χ0n) is 17.1. The van der Waals surface area contributed by atoms with Gasteiger partial charge in [0.15, 0.2) is 5.69 Å². The highest BCUT2D eigenvalue weighted by Crippen LogP contribution is 2.20. The number of hydrogen-bond donors (Lipinski definition) is 2. The van der Waals surface area contributed by atoms with Gasteiger partial charge in [-0.2, -0.15) is 0 Å². The van der Waals surface area contributed by atoms with Crippen LogP contribution in [0.4, 0.5) is 11.4 Å². The summed E-state index contributed by atoms with van der Waals surface area (Å²) >= 11 is 0. The number of aryl methyl sites for hydroxylation is 3. The lowest BCUT2D eigenvalue weighted by Crippen LogP contribution is -2.17. The van der Waals surface area contributed by atoms with Gasteiger partial charge >= 0.3 is 0 Å². The number of carbonyl (C=O) groups excluding carboxylic acids is 2. The van der Waals surface area contributed by atoms with Gasteiger partial charge in [-0.05, 0) is 56.7 Å². The second-order valence-electron chi connectivity index (χ2n) is 7.33. The summed E-state index contributed by atoms with van der Waals surface area (Å²) in [6.45, 7) is 5.92. The first-order valence-corrected chi connectivity index (χ1v) is 9.66. The number of nitrogens with zero attached hydrogens (tertiary/aromatic N) is 2. The molecule has 150 valence electrons. The Morgan fingerprint density at radius 3 is 2.30 bits per heavy atom. The van der Waals surface area contributed by atoms with Crippen molar-refractivity contribution in [1.29, 1.82) is 0 Å². The summed E-state index contributed by atoms with van der Waals surface area (Å²) in [5, 5.41) is 5.75. The summed E-state index contributed by atoms with van der Waals surface area (Å²) in [5.41, 5.74) is 5.32. The maximum atomic E-state index is 13.0. The predicted molar refractivity (Wildman–Crippen MR) is 118 cm³/mol. The zero-order valence-corrected chi connectivity index (χ0v) is 17.1. The van der Waals surface area contributed by atoms with Gasteiger partial charge in [0.2, 0.25) is 5.82 Å². The van der Waals surface area contributed by atoms with E-state index in [9.17, 15) is 9.59 Å². The Morgan fingerprint density at radius 1 is 0.833 bits per heavy atom. The van der Waals surface area contributed by atoms with Gasteiger partial charge in [-0.15, -0.1) is 0 Å². The number of benzene rings is 2. The Morgan fingerprint density at radius 2 is 1.57 bits per heavy atom. The number of pyridine rings is 1. The first-order valence-electron chi connectivity index (χ1n) is 9.66. The molecule has 0 aliphatic carbocycles. The Kier molecular flexibility index (Phi) is 5.06. The van der Waals surface area contributed by atoms with Crippen LogP contribution in [0.5, 0.6) is 0 Å². The Bertz CT molecular complexity index is 1260. The Labute approximate surface area is 174 Å². The molecule has 0 aliphatic heterocycles. The van der Waals surface area contributed by atoms with E-state index in [2.05, 4.69) is 15.6 Å². The van der Waals surface area contributed by atoms with Crippen molar-refractivity contribution in [3.8, 4) is 0 Å². The van der Waals surface area contributed by atoms with Crippen LogP contribution in [0, 0.1) is 20.8 Å². The van der Waals surface area contributed by atoms with Crippen LogP contribution < -0.4 is 10.6 Å². The van der Waals surface area contributed by atoms with Crippen molar-refractivity contribution >= 4 is 28.7 Å². The van der Waals surface area contributed by atoms with E-state index in [0.717, 1.165) is 16.7 Å².